The van der Waals surface area contributed by atoms with Crippen LogP contribution >= 0.6 is 0 Å². The first-order valence-electron chi connectivity index (χ1n) is 5.84. The van der Waals surface area contributed by atoms with E-state index in [0.717, 1.165) is 24.8 Å². The summed E-state index contributed by atoms with van der Waals surface area (Å²) in [6.45, 7) is 0.897. The maximum Gasteiger partial charge on any atom is 0.123 e. The van der Waals surface area contributed by atoms with Gasteiger partial charge in [-0.15, -0.1) is 0 Å². The van der Waals surface area contributed by atoms with Crippen molar-refractivity contribution in [3.63, 3.8) is 0 Å². The van der Waals surface area contributed by atoms with Crippen LogP contribution in [-0.2, 0) is 6.54 Å². The Bertz CT molecular complexity index is 350. The summed E-state index contributed by atoms with van der Waals surface area (Å²) in [7, 11) is 0. The Balaban J connectivity index is 1.91. The third-order valence-electron chi connectivity index (χ3n) is 3.46. The molecule has 2 rings (SSSR count). The fraction of sp³-hybridized carbons (Fsp3) is 0.538. The van der Waals surface area contributed by atoms with Crippen molar-refractivity contribution < 1.29 is 9.50 Å². The predicted octanol–water partition coefficient (Wildman–Crippen LogP) is 2.22. The first-order valence-corrected chi connectivity index (χ1v) is 5.84. The molecule has 16 heavy (non-hydrogen) atoms. The summed E-state index contributed by atoms with van der Waals surface area (Å²) in [5, 5.41) is 12.5. The number of halogens is 1. The Labute approximate surface area is 95.5 Å². The van der Waals surface area contributed by atoms with Crippen molar-refractivity contribution in [1.29, 1.82) is 0 Å². The highest BCUT2D eigenvalue weighted by Gasteiger charge is 2.35. The molecule has 1 aliphatic rings. The van der Waals surface area contributed by atoms with Gasteiger partial charge in [0.15, 0.2) is 0 Å². The third-order valence-corrected chi connectivity index (χ3v) is 3.46. The smallest absolute Gasteiger partial charge is 0.123 e. The third kappa shape index (κ3) is 2.60. The number of hydrogen-bond donors (Lipinski definition) is 2. The Morgan fingerprint density at radius 2 is 2.19 bits per heavy atom. The fourth-order valence-corrected chi connectivity index (χ4v) is 2.27. The van der Waals surface area contributed by atoms with Gasteiger partial charge < -0.3 is 10.4 Å². The predicted molar refractivity (Wildman–Crippen MR) is 61.5 cm³/mol. The van der Waals surface area contributed by atoms with E-state index in [0.29, 0.717) is 6.54 Å². The lowest BCUT2D eigenvalue weighted by Gasteiger charge is -2.42. The average Bonchev–Trinajstić information content (AvgIpc) is 2.22. The van der Waals surface area contributed by atoms with Gasteiger partial charge in [-0.25, -0.2) is 4.39 Å². The molecule has 1 aliphatic carbocycles. The summed E-state index contributed by atoms with van der Waals surface area (Å²) in [4.78, 5) is 0. The Kier molecular flexibility index (Phi) is 3.56. The van der Waals surface area contributed by atoms with Crippen molar-refractivity contribution in [2.24, 2.45) is 0 Å². The Morgan fingerprint density at radius 3 is 2.75 bits per heavy atom. The van der Waals surface area contributed by atoms with Gasteiger partial charge in [0.2, 0.25) is 0 Å². The molecule has 1 aromatic carbocycles. The van der Waals surface area contributed by atoms with Crippen molar-refractivity contribution >= 4 is 0 Å². The molecule has 1 aromatic rings. The highest BCUT2D eigenvalue weighted by molar-refractivity contribution is 5.16. The summed E-state index contributed by atoms with van der Waals surface area (Å²) < 4.78 is 13.0. The minimum absolute atomic E-state index is 0.0983. The van der Waals surface area contributed by atoms with E-state index in [4.69, 9.17) is 5.11 Å². The second-order valence-electron chi connectivity index (χ2n) is 4.59. The summed E-state index contributed by atoms with van der Waals surface area (Å²) in [6.07, 6.45) is 4.24. The molecule has 0 atom stereocenters. The summed E-state index contributed by atoms with van der Waals surface area (Å²) in [6, 6.07) is 6.65. The lowest BCUT2D eigenvalue weighted by molar-refractivity contribution is 0.130. The van der Waals surface area contributed by atoms with Gasteiger partial charge in [-0.05, 0) is 43.4 Å². The second-order valence-corrected chi connectivity index (χ2v) is 4.59. The standard InChI is InChI=1S/C13H18FNO/c14-12-4-1-3-11(9-12)10-15-13(7-8-16)5-2-6-13/h1,3-4,9,15-16H,2,5-8,10H2. The maximum atomic E-state index is 13.0. The van der Waals surface area contributed by atoms with E-state index in [2.05, 4.69) is 5.32 Å². The van der Waals surface area contributed by atoms with E-state index in [1.807, 2.05) is 6.07 Å². The largest absolute Gasteiger partial charge is 0.396 e. The van der Waals surface area contributed by atoms with Crippen LogP contribution in [0.15, 0.2) is 24.3 Å². The number of rotatable bonds is 5. The molecule has 0 heterocycles. The number of benzene rings is 1. The van der Waals surface area contributed by atoms with E-state index < -0.39 is 0 Å². The SMILES string of the molecule is OCCC1(NCc2cccc(F)c2)CCC1. The van der Waals surface area contributed by atoms with Crippen LogP contribution in [0.3, 0.4) is 0 Å². The van der Waals surface area contributed by atoms with Crippen LogP contribution in [0.25, 0.3) is 0 Å². The molecule has 0 aromatic heterocycles. The highest BCUT2D eigenvalue weighted by atomic mass is 19.1. The second kappa shape index (κ2) is 4.93. The summed E-state index contributed by atoms with van der Waals surface area (Å²) in [5.41, 5.74) is 1.06. The van der Waals surface area contributed by atoms with Crippen LogP contribution in [0.2, 0.25) is 0 Å². The van der Waals surface area contributed by atoms with Crippen molar-refractivity contribution in [3.05, 3.63) is 35.6 Å². The summed E-state index contributed by atoms with van der Waals surface area (Å²) >= 11 is 0. The van der Waals surface area contributed by atoms with Gasteiger partial charge >= 0.3 is 0 Å². The van der Waals surface area contributed by atoms with Gasteiger partial charge in [-0.2, -0.15) is 0 Å². The highest BCUT2D eigenvalue weighted by Crippen LogP contribution is 2.34. The number of nitrogens with one attached hydrogen (secondary N) is 1. The van der Waals surface area contributed by atoms with Crippen LogP contribution in [0, 0.1) is 5.82 Å². The molecule has 0 bridgehead atoms. The zero-order chi connectivity index (χ0) is 11.4. The lowest BCUT2D eigenvalue weighted by Crippen LogP contribution is -2.51. The molecule has 2 nitrogen and oxygen atoms in total. The van der Waals surface area contributed by atoms with E-state index >= 15 is 0 Å². The maximum absolute atomic E-state index is 13.0. The molecule has 88 valence electrons. The van der Waals surface area contributed by atoms with Gasteiger partial charge in [0.25, 0.3) is 0 Å². The first kappa shape index (κ1) is 11.6. The molecule has 0 amide bonds. The van der Waals surface area contributed by atoms with Gasteiger partial charge in [0, 0.05) is 18.7 Å². The lowest BCUT2D eigenvalue weighted by atomic mass is 9.74. The molecule has 0 spiro atoms. The molecule has 1 saturated carbocycles. The molecule has 0 unspecified atom stereocenters. The van der Waals surface area contributed by atoms with E-state index in [1.54, 1.807) is 12.1 Å². The Morgan fingerprint density at radius 1 is 1.38 bits per heavy atom. The molecule has 1 fully saturated rings. The number of aliphatic hydroxyl groups excluding tert-OH is 1. The van der Waals surface area contributed by atoms with Gasteiger partial charge in [0.1, 0.15) is 5.82 Å². The summed E-state index contributed by atoms with van der Waals surface area (Å²) in [5.74, 6) is -0.191. The van der Waals surface area contributed by atoms with Crippen LogP contribution in [0.5, 0.6) is 0 Å². The normalized spacial score (nSPS) is 18.1. The minimum atomic E-state index is -0.191. The number of aliphatic hydroxyl groups is 1. The quantitative estimate of drug-likeness (QED) is 0.802. The van der Waals surface area contributed by atoms with Crippen LogP contribution in [-0.4, -0.2) is 17.3 Å². The monoisotopic (exact) mass is 223 g/mol. The molecule has 0 saturated heterocycles. The molecular weight excluding hydrogens is 205 g/mol. The Hall–Kier alpha value is -0.930. The number of hydrogen-bond acceptors (Lipinski definition) is 2. The van der Waals surface area contributed by atoms with Crippen molar-refractivity contribution in [2.75, 3.05) is 6.61 Å². The van der Waals surface area contributed by atoms with Crippen molar-refractivity contribution in [1.82, 2.24) is 5.32 Å². The van der Waals surface area contributed by atoms with Gasteiger partial charge in [0.05, 0.1) is 0 Å². The van der Waals surface area contributed by atoms with E-state index in [1.165, 1.54) is 12.5 Å². The zero-order valence-corrected chi connectivity index (χ0v) is 9.38. The molecule has 2 N–H and O–H groups in total. The fourth-order valence-electron chi connectivity index (χ4n) is 2.27. The first-order chi connectivity index (χ1) is 7.74. The van der Waals surface area contributed by atoms with Crippen LogP contribution in [0.4, 0.5) is 4.39 Å². The van der Waals surface area contributed by atoms with Crippen molar-refractivity contribution in [2.45, 2.75) is 37.8 Å². The average molecular weight is 223 g/mol. The van der Waals surface area contributed by atoms with Gasteiger partial charge in [-0.3, -0.25) is 0 Å². The van der Waals surface area contributed by atoms with Gasteiger partial charge in [-0.1, -0.05) is 12.1 Å². The topological polar surface area (TPSA) is 32.3 Å². The van der Waals surface area contributed by atoms with E-state index in [9.17, 15) is 4.39 Å². The zero-order valence-electron chi connectivity index (χ0n) is 9.38. The molecule has 3 heteroatoms. The van der Waals surface area contributed by atoms with E-state index in [-0.39, 0.29) is 18.0 Å². The van der Waals surface area contributed by atoms with Crippen LogP contribution < -0.4 is 5.32 Å². The molecular formula is C13H18FNO. The minimum Gasteiger partial charge on any atom is -0.396 e. The molecule has 0 aliphatic heterocycles. The van der Waals surface area contributed by atoms with Crippen LogP contribution in [0.1, 0.15) is 31.2 Å². The van der Waals surface area contributed by atoms with Crippen molar-refractivity contribution in [3.8, 4) is 0 Å². The molecule has 0 radical (unpaired) electrons.